The molecule has 0 aromatic heterocycles. The molecule has 0 bridgehead atoms. The highest BCUT2D eigenvalue weighted by molar-refractivity contribution is 6.35. The molecule has 4 heteroatoms. The monoisotopic (exact) mass is 247 g/mol. The van der Waals surface area contributed by atoms with Gasteiger partial charge < -0.3 is 9.94 Å². The van der Waals surface area contributed by atoms with Gasteiger partial charge >= 0.3 is 5.97 Å². The number of hydrogen-bond acceptors (Lipinski definition) is 3. The summed E-state index contributed by atoms with van der Waals surface area (Å²) in [5.41, 5.74) is 2.30. The van der Waals surface area contributed by atoms with E-state index in [2.05, 4.69) is 11.2 Å². The van der Waals surface area contributed by atoms with Crippen LogP contribution in [-0.4, -0.2) is 23.4 Å². The Morgan fingerprint density at radius 1 is 1.50 bits per heavy atom. The first-order chi connectivity index (χ1) is 8.63. The van der Waals surface area contributed by atoms with E-state index < -0.39 is 5.97 Å². The summed E-state index contributed by atoms with van der Waals surface area (Å²) in [7, 11) is 0. The number of rotatable bonds is 6. The molecule has 0 saturated heterocycles. The summed E-state index contributed by atoms with van der Waals surface area (Å²) in [6.07, 6.45) is 4.05. The van der Waals surface area contributed by atoms with Crippen molar-refractivity contribution in [2.75, 3.05) is 6.61 Å². The highest BCUT2D eigenvalue weighted by Gasteiger charge is 2.05. The normalized spacial score (nSPS) is 11.8. The van der Waals surface area contributed by atoms with E-state index >= 15 is 0 Å². The van der Waals surface area contributed by atoms with Crippen molar-refractivity contribution in [3.63, 3.8) is 0 Å². The van der Waals surface area contributed by atoms with Gasteiger partial charge in [0.1, 0.15) is 6.61 Å². The Morgan fingerprint density at radius 3 is 2.89 bits per heavy atom. The molecule has 0 unspecified atom stereocenters. The molecule has 0 aliphatic heterocycles. The van der Waals surface area contributed by atoms with Gasteiger partial charge in [-0.3, -0.25) is 0 Å². The fourth-order valence-electron chi connectivity index (χ4n) is 1.37. The minimum Gasteiger partial charge on any atom is -0.477 e. The lowest BCUT2D eigenvalue weighted by molar-refractivity contribution is -0.129. The number of oxime groups is 1. The van der Waals surface area contributed by atoms with Gasteiger partial charge in [0.05, 0.1) is 0 Å². The van der Waals surface area contributed by atoms with E-state index in [0.717, 1.165) is 5.56 Å². The molecular formula is C14H17NO3. The van der Waals surface area contributed by atoms with Gasteiger partial charge in [-0.1, -0.05) is 48.0 Å². The van der Waals surface area contributed by atoms with Crippen molar-refractivity contribution in [1.29, 1.82) is 0 Å². The molecule has 0 saturated carbocycles. The lowest BCUT2D eigenvalue weighted by Gasteiger charge is -1.98. The van der Waals surface area contributed by atoms with Crippen LogP contribution >= 0.6 is 0 Å². The van der Waals surface area contributed by atoms with Crippen molar-refractivity contribution in [3.05, 3.63) is 41.5 Å². The number of aliphatic carboxylic acids is 1. The second-order valence-corrected chi connectivity index (χ2v) is 3.81. The second-order valence-electron chi connectivity index (χ2n) is 3.81. The van der Waals surface area contributed by atoms with Crippen LogP contribution in [-0.2, 0) is 9.63 Å². The highest BCUT2D eigenvalue weighted by atomic mass is 16.6. The first-order valence-electron chi connectivity index (χ1n) is 5.78. The van der Waals surface area contributed by atoms with Crippen LogP contribution in [0.15, 0.2) is 35.5 Å². The van der Waals surface area contributed by atoms with Gasteiger partial charge in [-0.2, -0.15) is 0 Å². The number of benzene rings is 1. The quantitative estimate of drug-likeness (QED) is 0.477. The second kappa shape index (κ2) is 7.27. The van der Waals surface area contributed by atoms with Crippen LogP contribution in [0.2, 0.25) is 0 Å². The van der Waals surface area contributed by atoms with E-state index in [4.69, 9.17) is 9.94 Å². The number of carboxylic acids is 1. The van der Waals surface area contributed by atoms with Crippen molar-refractivity contribution >= 4 is 17.8 Å². The number of nitrogens with zero attached hydrogens (tertiary/aromatic N) is 1. The van der Waals surface area contributed by atoms with Crippen molar-refractivity contribution in [3.8, 4) is 0 Å². The van der Waals surface area contributed by atoms with E-state index in [-0.39, 0.29) is 12.3 Å². The van der Waals surface area contributed by atoms with Crippen molar-refractivity contribution in [2.45, 2.75) is 20.3 Å². The van der Waals surface area contributed by atoms with E-state index in [1.165, 1.54) is 5.56 Å². The zero-order valence-corrected chi connectivity index (χ0v) is 10.6. The van der Waals surface area contributed by atoms with Gasteiger partial charge in [-0.25, -0.2) is 4.79 Å². The number of hydrogen-bond donors (Lipinski definition) is 1. The van der Waals surface area contributed by atoms with E-state index in [9.17, 15) is 4.79 Å². The Hall–Kier alpha value is -2.10. The molecule has 0 spiro atoms. The summed E-state index contributed by atoms with van der Waals surface area (Å²) in [6.45, 7) is 4.00. The largest absolute Gasteiger partial charge is 0.477 e. The van der Waals surface area contributed by atoms with Crippen LogP contribution in [0, 0.1) is 6.92 Å². The van der Waals surface area contributed by atoms with Crippen molar-refractivity contribution < 1.29 is 14.7 Å². The van der Waals surface area contributed by atoms with Crippen LogP contribution in [0.5, 0.6) is 0 Å². The van der Waals surface area contributed by atoms with Crippen molar-refractivity contribution in [1.82, 2.24) is 0 Å². The zero-order valence-electron chi connectivity index (χ0n) is 10.6. The molecular weight excluding hydrogens is 230 g/mol. The fourth-order valence-corrected chi connectivity index (χ4v) is 1.37. The average molecular weight is 247 g/mol. The Bertz CT molecular complexity index is 464. The fraction of sp³-hybridized carbons (Fsp3) is 0.286. The molecule has 1 aromatic rings. The Balaban J connectivity index is 2.44. The molecule has 1 N–H and O–H groups in total. The summed E-state index contributed by atoms with van der Waals surface area (Å²) in [5, 5.41) is 12.3. The average Bonchev–Trinajstić information content (AvgIpc) is 2.33. The maximum absolute atomic E-state index is 10.6. The predicted octanol–water partition coefficient (Wildman–Crippen LogP) is 2.88. The summed E-state index contributed by atoms with van der Waals surface area (Å²) < 4.78 is 0. The predicted molar refractivity (Wildman–Crippen MR) is 71.5 cm³/mol. The van der Waals surface area contributed by atoms with E-state index in [1.807, 2.05) is 31.2 Å². The molecule has 1 rings (SSSR count). The van der Waals surface area contributed by atoms with Gasteiger partial charge in [-0.15, -0.1) is 0 Å². The third-order valence-electron chi connectivity index (χ3n) is 2.28. The third-order valence-corrected chi connectivity index (χ3v) is 2.28. The molecule has 0 radical (unpaired) electrons. The molecule has 96 valence electrons. The molecule has 0 heterocycles. The van der Waals surface area contributed by atoms with Crippen molar-refractivity contribution in [2.24, 2.45) is 5.16 Å². The lowest BCUT2D eigenvalue weighted by Crippen LogP contribution is -2.11. The van der Waals surface area contributed by atoms with E-state index in [0.29, 0.717) is 6.42 Å². The molecule has 0 amide bonds. The minimum atomic E-state index is -1.04. The molecule has 4 nitrogen and oxygen atoms in total. The molecule has 0 atom stereocenters. The van der Waals surface area contributed by atoms with Gasteiger partial charge in [-0.05, 0) is 25.0 Å². The van der Waals surface area contributed by atoms with Crippen LogP contribution in [0.3, 0.4) is 0 Å². The number of carboxylic acid groups (broad SMARTS) is 1. The number of aryl methyl sites for hydroxylation is 1. The maximum atomic E-state index is 10.6. The standard InChI is InChI=1S/C14H17NO3/c1-3-13(14(16)17)15-18-9-5-8-12-7-4-6-11(2)10-12/h4-8,10H,3,9H2,1-2H3,(H,16,17). The Labute approximate surface area is 107 Å². The molecule has 18 heavy (non-hydrogen) atoms. The zero-order chi connectivity index (χ0) is 13.4. The minimum absolute atomic E-state index is 0.0268. The molecule has 0 fully saturated rings. The van der Waals surface area contributed by atoms with Crippen LogP contribution in [0.1, 0.15) is 24.5 Å². The topological polar surface area (TPSA) is 58.9 Å². The highest BCUT2D eigenvalue weighted by Crippen LogP contribution is 2.05. The summed E-state index contributed by atoms with van der Waals surface area (Å²) in [4.78, 5) is 15.5. The van der Waals surface area contributed by atoms with Crippen LogP contribution in [0.4, 0.5) is 0 Å². The summed E-state index contributed by atoms with van der Waals surface area (Å²) >= 11 is 0. The SMILES string of the molecule is CCC(=NOCC=Cc1cccc(C)c1)C(=O)O. The van der Waals surface area contributed by atoms with Gasteiger partial charge in [0, 0.05) is 0 Å². The first kappa shape index (κ1) is 14.0. The Kier molecular flexibility index (Phi) is 5.64. The van der Waals surface area contributed by atoms with Gasteiger partial charge in [0.25, 0.3) is 0 Å². The molecule has 0 aliphatic carbocycles. The van der Waals surface area contributed by atoms with E-state index in [1.54, 1.807) is 13.0 Å². The number of carbonyl (C=O) groups is 1. The first-order valence-corrected chi connectivity index (χ1v) is 5.78. The van der Waals surface area contributed by atoms with Crippen LogP contribution < -0.4 is 0 Å². The molecule has 0 aliphatic rings. The van der Waals surface area contributed by atoms with Gasteiger partial charge in [0.15, 0.2) is 5.71 Å². The van der Waals surface area contributed by atoms with Crippen LogP contribution in [0.25, 0.3) is 6.08 Å². The maximum Gasteiger partial charge on any atom is 0.353 e. The summed E-state index contributed by atoms with van der Waals surface area (Å²) in [5.74, 6) is -1.04. The Morgan fingerprint density at radius 2 is 2.28 bits per heavy atom. The lowest BCUT2D eigenvalue weighted by atomic mass is 10.1. The molecule has 1 aromatic carbocycles. The summed E-state index contributed by atoms with van der Waals surface area (Å²) in [6, 6.07) is 8.04. The van der Waals surface area contributed by atoms with Gasteiger partial charge in [0.2, 0.25) is 0 Å². The third kappa shape index (κ3) is 4.82. The smallest absolute Gasteiger partial charge is 0.353 e.